The molecule has 0 atom stereocenters. The van der Waals surface area contributed by atoms with Gasteiger partial charge in [-0.3, -0.25) is 4.98 Å². The molecule has 0 aliphatic carbocycles. The average molecular weight is 272 g/mol. The summed E-state index contributed by atoms with van der Waals surface area (Å²) in [6, 6.07) is 9.85. The van der Waals surface area contributed by atoms with E-state index >= 15 is 0 Å². The van der Waals surface area contributed by atoms with Crippen molar-refractivity contribution in [3.63, 3.8) is 0 Å². The molecule has 0 saturated heterocycles. The van der Waals surface area contributed by atoms with Crippen LogP contribution in [0.5, 0.6) is 5.75 Å². The summed E-state index contributed by atoms with van der Waals surface area (Å²) in [5.74, 6) is 0.875. The SMILES string of the molecule is COc1ccc(-c2ccc(C(N)=S)c(C)n2)cc1C. The Balaban J connectivity index is 2.45. The third-order valence-corrected chi connectivity index (χ3v) is 3.26. The molecule has 3 nitrogen and oxygen atoms in total. The molecule has 0 amide bonds. The van der Waals surface area contributed by atoms with Gasteiger partial charge in [0.2, 0.25) is 0 Å². The van der Waals surface area contributed by atoms with Crippen LogP contribution in [0.15, 0.2) is 30.3 Å². The molecule has 0 aliphatic heterocycles. The number of thiocarbonyl (C=S) groups is 1. The Morgan fingerprint density at radius 2 is 1.95 bits per heavy atom. The van der Waals surface area contributed by atoms with E-state index in [9.17, 15) is 0 Å². The molecule has 0 spiro atoms. The first-order valence-corrected chi connectivity index (χ1v) is 6.36. The van der Waals surface area contributed by atoms with Crippen molar-refractivity contribution in [1.29, 1.82) is 0 Å². The van der Waals surface area contributed by atoms with E-state index in [0.717, 1.165) is 33.8 Å². The number of hydrogen-bond acceptors (Lipinski definition) is 3. The predicted molar refractivity (Wildman–Crippen MR) is 81.6 cm³/mol. The summed E-state index contributed by atoms with van der Waals surface area (Å²) in [6.45, 7) is 3.92. The number of aromatic nitrogens is 1. The maximum Gasteiger partial charge on any atom is 0.121 e. The molecule has 0 radical (unpaired) electrons. The van der Waals surface area contributed by atoms with Crippen LogP contribution in [0.1, 0.15) is 16.8 Å². The standard InChI is InChI=1S/C15H16N2OS/c1-9-8-11(4-7-14(9)18-3)13-6-5-12(15(16)19)10(2)17-13/h4-8H,1-3H3,(H2,16,19). The fraction of sp³-hybridized carbons (Fsp3) is 0.200. The zero-order valence-electron chi connectivity index (χ0n) is 11.2. The highest BCUT2D eigenvalue weighted by Gasteiger charge is 2.07. The van der Waals surface area contributed by atoms with Gasteiger partial charge in [0.05, 0.1) is 12.8 Å². The Bertz CT molecular complexity index is 638. The third kappa shape index (κ3) is 2.74. The first-order chi connectivity index (χ1) is 9.02. The number of rotatable bonds is 3. The first kappa shape index (κ1) is 13.5. The van der Waals surface area contributed by atoms with Crippen LogP contribution in [0.3, 0.4) is 0 Å². The normalized spacial score (nSPS) is 10.3. The van der Waals surface area contributed by atoms with Gasteiger partial charge in [0, 0.05) is 16.8 Å². The molecule has 0 fully saturated rings. The minimum absolute atomic E-state index is 0.377. The number of nitrogens with two attached hydrogens (primary N) is 1. The molecule has 0 saturated carbocycles. The monoisotopic (exact) mass is 272 g/mol. The Morgan fingerprint density at radius 1 is 1.21 bits per heavy atom. The van der Waals surface area contributed by atoms with Crippen molar-refractivity contribution in [3.05, 3.63) is 47.2 Å². The summed E-state index contributed by atoms with van der Waals surface area (Å²) in [5.41, 5.74) is 10.3. The van der Waals surface area contributed by atoms with Crippen molar-refractivity contribution in [3.8, 4) is 17.0 Å². The molecule has 1 aromatic heterocycles. The lowest BCUT2D eigenvalue weighted by atomic mass is 10.1. The number of aryl methyl sites for hydroxylation is 2. The zero-order chi connectivity index (χ0) is 14.0. The molecule has 0 aliphatic rings. The van der Waals surface area contributed by atoms with E-state index in [2.05, 4.69) is 11.1 Å². The van der Waals surface area contributed by atoms with Gasteiger partial charge < -0.3 is 10.5 Å². The molecule has 2 N–H and O–H groups in total. The van der Waals surface area contributed by atoms with Crippen molar-refractivity contribution >= 4 is 17.2 Å². The highest BCUT2D eigenvalue weighted by molar-refractivity contribution is 7.80. The second kappa shape index (κ2) is 5.36. The summed E-state index contributed by atoms with van der Waals surface area (Å²) in [7, 11) is 1.67. The molecule has 1 aromatic carbocycles. The van der Waals surface area contributed by atoms with Gasteiger partial charge in [-0.15, -0.1) is 0 Å². The molecule has 2 rings (SSSR count). The first-order valence-electron chi connectivity index (χ1n) is 5.95. The average Bonchev–Trinajstić information content (AvgIpc) is 2.38. The van der Waals surface area contributed by atoms with E-state index in [0.29, 0.717) is 4.99 Å². The summed E-state index contributed by atoms with van der Waals surface area (Å²) < 4.78 is 5.26. The smallest absolute Gasteiger partial charge is 0.121 e. The molecule has 4 heteroatoms. The molecular formula is C15H16N2OS. The molecule has 2 aromatic rings. The molecular weight excluding hydrogens is 256 g/mol. The molecule has 0 bridgehead atoms. The van der Waals surface area contributed by atoms with Gasteiger partial charge in [-0.25, -0.2) is 0 Å². The van der Waals surface area contributed by atoms with Gasteiger partial charge >= 0.3 is 0 Å². The number of nitrogens with zero attached hydrogens (tertiary/aromatic N) is 1. The van der Waals surface area contributed by atoms with Crippen LogP contribution in [0.25, 0.3) is 11.3 Å². The fourth-order valence-electron chi connectivity index (χ4n) is 2.02. The summed E-state index contributed by atoms with van der Waals surface area (Å²) in [4.78, 5) is 4.93. The highest BCUT2D eigenvalue weighted by Crippen LogP contribution is 2.25. The van der Waals surface area contributed by atoms with Gasteiger partial charge in [-0.05, 0) is 49.7 Å². The Hall–Kier alpha value is -1.94. The zero-order valence-corrected chi connectivity index (χ0v) is 12.0. The number of pyridine rings is 1. The second-order valence-corrected chi connectivity index (χ2v) is 4.82. The predicted octanol–water partition coefficient (Wildman–Crippen LogP) is 3.01. The van der Waals surface area contributed by atoms with Crippen molar-refractivity contribution in [2.75, 3.05) is 7.11 Å². The minimum atomic E-state index is 0.377. The van der Waals surface area contributed by atoms with Gasteiger partial charge in [0.25, 0.3) is 0 Å². The lowest BCUT2D eigenvalue weighted by molar-refractivity contribution is 0.412. The number of methoxy groups -OCH3 is 1. The van der Waals surface area contributed by atoms with Crippen LogP contribution in [0.2, 0.25) is 0 Å². The third-order valence-electron chi connectivity index (χ3n) is 3.04. The van der Waals surface area contributed by atoms with Crippen molar-refractivity contribution in [1.82, 2.24) is 4.98 Å². The fourth-order valence-corrected chi connectivity index (χ4v) is 2.24. The lowest BCUT2D eigenvalue weighted by Crippen LogP contribution is -2.12. The summed E-state index contributed by atoms with van der Waals surface area (Å²) in [5, 5.41) is 0. The number of ether oxygens (including phenoxy) is 1. The van der Waals surface area contributed by atoms with E-state index in [4.69, 9.17) is 22.7 Å². The van der Waals surface area contributed by atoms with Crippen LogP contribution in [-0.2, 0) is 0 Å². The number of benzene rings is 1. The van der Waals surface area contributed by atoms with Gasteiger partial charge in [0.15, 0.2) is 0 Å². The van der Waals surface area contributed by atoms with Crippen LogP contribution >= 0.6 is 12.2 Å². The molecule has 1 heterocycles. The van der Waals surface area contributed by atoms with Crippen LogP contribution in [-0.4, -0.2) is 17.1 Å². The maximum atomic E-state index is 5.64. The molecule has 98 valence electrons. The maximum absolute atomic E-state index is 5.64. The van der Waals surface area contributed by atoms with Crippen molar-refractivity contribution in [2.24, 2.45) is 5.73 Å². The van der Waals surface area contributed by atoms with Crippen molar-refractivity contribution in [2.45, 2.75) is 13.8 Å². The lowest BCUT2D eigenvalue weighted by Gasteiger charge is -2.09. The molecule has 19 heavy (non-hydrogen) atoms. The molecule has 0 unspecified atom stereocenters. The Kier molecular flexibility index (Phi) is 3.81. The Labute approximate surface area is 118 Å². The minimum Gasteiger partial charge on any atom is -0.496 e. The van der Waals surface area contributed by atoms with Crippen LogP contribution in [0, 0.1) is 13.8 Å². The van der Waals surface area contributed by atoms with Gasteiger partial charge in [-0.1, -0.05) is 12.2 Å². The van der Waals surface area contributed by atoms with Gasteiger partial charge in [-0.2, -0.15) is 0 Å². The van der Waals surface area contributed by atoms with E-state index in [-0.39, 0.29) is 0 Å². The van der Waals surface area contributed by atoms with E-state index < -0.39 is 0 Å². The van der Waals surface area contributed by atoms with Crippen molar-refractivity contribution < 1.29 is 4.74 Å². The topological polar surface area (TPSA) is 48.1 Å². The van der Waals surface area contributed by atoms with Crippen LogP contribution in [0.4, 0.5) is 0 Å². The number of hydrogen-bond donors (Lipinski definition) is 1. The summed E-state index contributed by atoms with van der Waals surface area (Å²) in [6.07, 6.45) is 0. The van der Waals surface area contributed by atoms with Crippen LogP contribution < -0.4 is 10.5 Å². The largest absolute Gasteiger partial charge is 0.496 e. The quantitative estimate of drug-likeness (QED) is 0.873. The van der Waals surface area contributed by atoms with Gasteiger partial charge in [0.1, 0.15) is 10.7 Å². The second-order valence-electron chi connectivity index (χ2n) is 4.38. The van der Waals surface area contributed by atoms with E-state index in [1.54, 1.807) is 7.11 Å². The Morgan fingerprint density at radius 3 is 2.47 bits per heavy atom. The van der Waals surface area contributed by atoms with E-state index in [1.165, 1.54) is 0 Å². The summed E-state index contributed by atoms with van der Waals surface area (Å²) >= 11 is 4.98. The van der Waals surface area contributed by atoms with E-state index in [1.807, 2.05) is 38.1 Å². The highest BCUT2D eigenvalue weighted by atomic mass is 32.1.